The Kier molecular flexibility index (Phi) is 3.55. The maximum atomic E-state index is 12.7. The fourth-order valence-corrected chi connectivity index (χ4v) is 5.30. The smallest absolute Gasteiger partial charge is 0.223 e. The summed E-state index contributed by atoms with van der Waals surface area (Å²) < 4.78 is 5.06. The van der Waals surface area contributed by atoms with Crippen LogP contribution in [-0.4, -0.2) is 18.0 Å². The van der Waals surface area contributed by atoms with Crippen molar-refractivity contribution in [3.8, 4) is 5.88 Å². The third kappa shape index (κ3) is 2.49. The van der Waals surface area contributed by atoms with Gasteiger partial charge in [0.2, 0.25) is 11.8 Å². The summed E-state index contributed by atoms with van der Waals surface area (Å²) >= 11 is 0. The zero-order chi connectivity index (χ0) is 15.1. The summed E-state index contributed by atoms with van der Waals surface area (Å²) in [6, 6.07) is 3.80. The fourth-order valence-electron chi connectivity index (χ4n) is 5.30. The minimum Gasteiger partial charge on any atom is -0.481 e. The van der Waals surface area contributed by atoms with Crippen molar-refractivity contribution in [2.24, 2.45) is 29.6 Å². The first-order chi connectivity index (χ1) is 10.7. The van der Waals surface area contributed by atoms with Crippen LogP contribution in [0.5, 0.6) is 5.88 Å². The maximum Gasteiger partial charge on any atom is 0.223 e. The molecule has 4 aliphatic rings. The van der Waals surface area contributed by atoms with Gasteiger partial charge in [-0.25, -0.2) is 4.98 Å². The van der Waals surface area contributed by atoms with Crippen LogP contribution < -0.4 is 10.1 Å². The Morgan fingerprint density at radius 3 is 2.41 bits per heavy atom. The molecule has 5 rings (SSSR count). The lowest BCUT2D eigenvalue weighted by molar-refractivity contribution is -0.138. The summed E-state index contributed by atoms with van der Waals surface area (Å²) in [5, 5.41) is 3.14. The molecule has 1 heterocycles. The molecule has 1 amide bonds. The van der Waals surface area contributed by atoms with Crippen molar-refractivity contribution in [1.82, 2.24) is 10.3 Å². The lowest BCUT2D eigenvalue weighted by Crippen LogP contribution is -2.50. The van der Waals surface area contributed by atoms with Crippen LogP contribution in [0.2, 0.25) is 0 Å². The molecule has 22 heavy (non-hydrogen) atoms. The Labute approximate surface area is 131 Å². The van der Waals surface area contributed by atoms with Gasteiger partial charge in [0.25, 0.3) is 0 Å². The Morgan fingerprint density at radius 1 is 1.18 bits per heavy atom. The van der Waals surface area contributed by atoms with E-state index in [1.807, 2.05) is 12.1 Å². The second kappa shape index (κ2) is 5.56. The van der Waals surface area contributed by atoms with Crippen molar-refractivity contribution in [2.45, 2.75) is 38.6 Å². The Hall–Kier alpha value is -1.58. The van der Waals surface area contributed by atoms with Crippen LogP contribution in [0, 0.1) is 29.6 Å². The standard InChI is InChI=1S/C18H24N2O2/c1-22-16-3-2-11(9-19-16)10-20-18(21)17-14-5-12-4-13(7-14)8-15(17)6-12/h2-3,9,12-15,17H,4-8,10H2,1H3,(H,20,21). The summed E-state index contributed by atoms with van der Waals surface area (Å²) in [6.45, 7) is 0.568. The Bertz CT molecular complexity index is 527. The molecule has 0 radical (unpaired) electrons. The average molecular weight is 300 g/mol. The molecule has 1 N–H and O–H groups in total. The molecule has 1 aromatic rings. The summed E-state index contributed by atoms with van der Waals surface area (Å²) in [7, 11) is 1.61. The van der Waals surface area contributed by atoms with Gasteiger partial charge in [-0.2, -0.15) is 0 Å². The zero-order valence-electron chi connectivity index (χ0n) is 13.1. The first kappa shape index (κ1) is 14.0. The molecule has 4 aliphatic carbocycles. The molecule has 4 saturated carbocycles. The number of amides is 1. The van der Waals surface area contributed by atoms with Crippen molar-refractivity contribution in [2.75, 3.05) is 7.11 Å². The van der Waals surface area contributed by atoms with E-state index in [-0.39, 0.29) is 11.8 Å². The van der Waals surface area contributed by atoms with Crippen LogP contribution in [0.15, 0.2) is 18.3 Å². The number of rotatable bonds is 4. The van der Waals surface area contributed by atoms with E-state index < -0.39 is 0 Å². The molecule has 4 bridgehead atoms. The molecule has 0 saturated heterocycles. The lowest BCUT2D eigenvalue weighted by atomic mass is 9.51. The predicted octanol–water partition coefficient (Wildman–Crippen LogP) is 2.78. The number of pyridine rings is 1. The summed E-state index contributed by atoms with van der Waals surface area (Å²) in [6.07, 6.45) is 8.35. The number of hydrogen-bond acceptors (Lipinski definition) is 3. The van der Waals surface area contributed by atoms with Gasteiger partial charge in [-0.1, -0.05) is 6.07 Å². The van der Waals surface area contributed by atoms with Gasteiger partial charge in [0.05, 0.1) is 7.11 Å². The van der Waals surface area contributed by atoms with Gasteiger partial charge in [-0.3, -0.25) is 4.79 Å². The van der Waals surface area contributed by atoms with E-state index in [0.717, 1.165) is 17.4 Å². The van der Waals surface area contributed by atoms with Crippen LogP contribution in [0.25, 0.3) is 0 Å². The van der Waals surface area contributed by atoms with Gasteiger partial charge >= 0.3 is 0 Å². The van der Waals surface area contributed by atoms with Crippen LogP contribution in [0.4, 0.5) is 0 Å². The van der Waals surface area contributed by atoms with E-state index in [1.165, 1.54) is 32.1 Å². The number of nitrogens with zero attached hydrogens (tertiary/aromatic N) is 1. The van der Waals surface area contributed by atoms with E-state index >= 15 is 0 Å². The number of hydrogen-bond donors (Lipinski definition) is 1. The number of nitrogens with one attached hydrogen (secondary N) is 1. The van der Waals surface area contributed by atoms with Crippen LogP contribution >= 0.6 is 0 Å². The highest BCUT2D eigenvalue weighted by molar-refractivity contribution is 5.79. The molecule has 0 aromatic carbocycles. The molecule has 0 aliphatic heterocycles. The normalized spacial score (nSPS) is 35.4. The molecule has 0 spiro atoms. The first-order valence-electron chi connectivity index (χ1n) is 8.49. The van der Waals surface area contributed by atoms with Crippen molar-refractivity contribution < 1.29 is 9.53 Å². The average Bonchev–Trinajstić information content (AvgIpc) is 2.52. The molecule has 0 atom stereocenters. The largest absolute Gasteiger partial charge is 0.481 e. The number of carbonyl (C=O) groups is 1. The molecule has 1 aromatic heterocycles. The molecule has 0 unspecified atom stereocenters. The van der Waals surface area contributed by atoms with Gasteiger partial charge in [-0.15, -0.1) is 0 Å². The third-order valence-electron chi connectivity index (χ3n) is 6.00. The third-order valence-corrected chi connectivity index (χ3v) is 6.00. The number of methoxy groups -OCH3 is 1. The van der Waals surface area contributed by atoms with Gasteiger partial charge < -0.3 is 10.1 Å². The minimum atomic E-state index is 0.263. The molecule has 118 valence electrons. The molecule has 4 heteroatoms. The zero-order valence-corrected chi connectivity index (χ0v) is 13.1. The molecular formula is C18H24N2O2. The van der Waals surface area contributed by atoms with Gasteiger partial charge in [0.1, 0.15) is 0 Å². The second-order valence-electron chi connectivity index (χ2n) is 7.38. The van der Waals surface area contributed by atoms with E-state index in [1.54, 1.807) is 13.3 Å². The second-order valence-corrected chi connectivity index (χ2v) is 7.38. The highest BCUT2D eigenvalue weighted by Crippen LogP contribution is 2.56. The monoisotopic (exact) mass is 300 g/mol. The summed E-state index contributed by atoms with van der Waals surface area (Å²) in [4.78, 5) is 16.9. The predicted molar refractivity (Wildman–Crippen MR) is 83.2 cm³/mol. The minimum absolute atomic E-state index is 0.263. The van der Waals surface area contributed by atoms with Crippen molar-refractivity contribution in [3.05, 3.63) is 23.9 Å². The SMILES string of the molecule is COc1ccc(CNC(=O)C2C3CC4CC(C3)CC2C4)cn1. The fraction of sp³-hybridized carbons (Fsp3) is 0.667. The van der Waals surface area contributed by atoms with Gasteiger partial charge in [-0.05, 0) is 61.3 Å². The number of carbonyl (C=O) groups excluding carboxylic acids is 1. The Morgan fingerprint density at radius 2 is 1.86 bits per heavy atom. The highest BCUT2D eigenvalue weighted by atomic mass is 16.5. The first-order valence-corrected chi connectivity index (χ1v) is 8.49. The Balaban J connectivity index is 1.38. The molecule has 4 nitrogen and oxygen atoms in total. The highest BCUT2D eigenvalue weighted by Gasteiger charge is 2.50. The van der Waals surface area contributed by atoms with Crippen molar-refractivity contribution >= 4 is 5.91 Å². The van der Waals surface area contributed by atoms with E-state index in [9.17, 15) is 4.79 Å². The van der Waals surface area contributed by atoms with Gasteiger partial charge in [0.15, 0.2) is 0 Å². The maximum absolute atomic E-state index is 12.7. The molecule has 4 fully saturated rings. The topological polar surface area (TPSA) is 51.2 Å². The summed E-state index contributed by atoms with van der Waals surface area (Å²) in [5.74, 6) is 4.25. The van der Waals surface area contributed by atoms with E-state index in [2.05, 4.69) is 10.3 Å². The van der Waals surface area contributed by atoms with Crippen LogP contribution in [-0.2, 0) is 11.3 Å². The van der Waals surface area contributed by atoms with E-state index in [4.69, 9.17) is 4.74 Å². The van der Waals surface area contributed by atoms with Crippen molar-refractivity contribution in [3.63, 3.8) is 0 Å². The number of aromatic nitrogens is 1. The van der Waals surface area contributed by atoms with Crippen LogP contribution in [0.1, 0.15) is 37.7 Å². The van der Waals surface area contributed by atoms with Gasteiger partial charge in [0, 0.05) is 24.7 Å². The van der Waals surface area contributed by atoms with Crippen molar-refractivity contribution in [1.29, 1.82) is 0 Å². The lowest BCUT2D eigenvalue weighted by Gasteiger charge is -2.53. The quantitative estimate of drug-likeness (QED) is 0.930. The van der Waals surface area contributed by atoms with E-state index in [0.29, 0.717) is 24.3 Å². The summed E-state index contributed by atoms with van der Waals surface area (Å²) in [5.41, 5.74) is 1.03. The molecular weight excluding hydrogens is 276 g/mol. The van der Waals surface area contributed by atoms with Crippen LogP contribution in [0.3, 0.4) is 0 Å². The number of ether oxygens (including phenoxy) is 1.